The van der Waals surface area contributed by atoms with Crippen LogP contribution >= 0.6 is 11.6 Å². The number of rotatable bonds is 3. The Labute approximate surface area is 103 Å². The van der Waals surface area contributed by atoms with Crippen LogP contribution in [0.2, 0.25) is 5.02 Å². The maximum absolute atomic E-state index is 11.6. The Hall–Kier alpha value is -1.65. The molecule has 0 saturated heterocycles. The average Bonchev–Trinajstić information content (AvgIpc) is 2.36. The van der Waals surface area contributed by atoms with Crippen LogP contribution in [0.25, 0.3) is 10.9 Å². The number of para-hydroxylation sites is 1. The van der Waals surface area contributed by atoms with E-state index in [1.807, 2.05) is 12.1 Å². The first-order valence-corrected chi connectivity index (χ1v) is 5.54. The number of aromatic nitrogens is 1. The monoisotopic (exact) mass is 250 g/mol. The van der Waals surface area contributed by atoms with E-state index in [4.69, 9.17) is 16.7 Å². The van der Waals surface area contributed by atoms with Gasteiger partial charge in [-0.15, -0.1) is 0 Å². The van der Waals surface area contributed by atoms with Crippen molar-refractivity contribution in [1.29, 1.82) is 0 Å². The van der Waals surface area contributed by atoms with Gasteiger partial charge in [0.05, 0.1) is 17.1 Å². The molecule has 0 aliphatic heterocycles. The lowest BCUT2D eigenvalue weighted by molar-refractivity contribution is 0.0940. The maximum atomic E-state index is 11.6. The van der Waals surface area contributed by atoms with Crippen molar-refractivity contribution >= 4 is 28.4 Å². The van der Waals surface area contributed by atoms with Crippen LogP contribution in [0.3, 0.4) is 0 Å². The number of aliphatic hydroxyl groups excluding tert-OH is 1. The Morgan fingerprint density at radius 3 is 2.94 bits per heavy atom. The van der Waals surface area contributed by atoms with Crippen molar-refractivity contribution in [2.45, 2.75) is 0 Å². The molecule has 0 radical (unpaired) electrons. The van der Waals surface area contributed by atoms with Crippen molar-refractivity contribution in [2.24, 2.45) is 0 Å². The van der Waals surface area contributed by atoms with Crippen molar-refractivity contribution in [1.82, 2.24) is 10.3 Å². The van der Waals surface area contributed by atoms with Crippen LogP contribution in [0.15, 0.2) is 30.3 Å². The lowest BCUT2D eigenvalue weighted by atomic mass is 10.2. The summed E-state index contributed by atoms with van der Waals surface area (Å²) >= 11 is 6.00. The van der Waals surface area contributed by atoms with E-state index in [0.29, 0.717) is 16.2 Å². The smallest absolute Gasteiger partial charge is 0.269 e. The number of benzene rings is 1. The molecule has 17 heavy (non-hydrogen) atoms. The van der Waals surface area contributed by atoms with Crippen LogP contribution in [0.4, 0.5) is 0 Å². The van der Waals surface area contributed by atoms with Gasteiger partial charge >= 0.3 is 0 Å². The van der Waals surface area contributed by atoms with Crippen molar-refractivity contribution in [3.8, 4) is 0 Å². The minimum Gasteiger partial charge on any atom is -0.395 e. The van der Waals surface area contributed by atoms with Gasteiger partial charge in [-0.3, -0.25) is 4.79 Å². The number of amides is 1. The molecule has 88 valence electrons. The minimum absolute atomic E-state index is 0.0971. The number of hydrogen-bond donors (Lipinski definition) is 2. The molecule has 1 heterocycles. The van der Waals surface area contributed by atoms with Crippen LogP contribution in [0, 0.1) is 0 Å². The zero-order chi connectivity index (χ0) is 12.3. The van der Waals surface area contributed by atoms with E-state index in [1.54, 1.807) is 18.2 Å². The van der Waals surface area contributed by atoms with Gasteiger partial charge in [0.15, 0.2) is 0 Å². The summed E-state index contributed by atoms with van der Waals surface area (Å²) in [6.07, 6.45) is 0. The topological polar surface area (TPSA) is 62.2 Å². The SMILES string of the molecule is O=C(NCCO)c1ccc2cccc(Cl)c2n1. The summed E-state index contributed by atoms with van der Waals surface area (Å²) in [5, 5.41) is 12.6. The summed E-state index contributed by atoms with van der Waals surface area (Å²) in [5.41, 5.74) is 0.893. The lowest BCUT2D eigenvalue weighted by Crippen LogP contribution is -2.27. The van der Waals surface area contributed by atoms with Gasteiger partial charge in [0.1, 0.15) is 5.69 Å². The summed E-state index contributed by atoms with van der Waals surface area (Å²) in [4.78, 5) is 15.8. The van der Waals surface area contributed by atoms with Gasteiger partial charge in [0.2, 0.25) is 0 Å². The van der Waals surface area contributed by atoms with Gasteiger partial charge < -0.3 is 10.4 Å². The number of aliphatic hydroxyl groups is 1. The summed E-state index contributed by atoms with van der Waals surface area (Å²) in [5.74, 6) is -0.319. The van der Waals surface area contributed by atoms with Crippen LogP contribution in [0.1, 0.15) is 10.5 Å². The molecule has 0 atom stereocenters. The van der Waals surface area contributed by atoms with E-state index in [9.17, 15) is 4.79 Å². The van der Waals surface area contributed by atoms with Gasteiger partial charge in [0, 0.05) is 11.9 Å². The van der Waals surface area contributed by atoms with Crippen molar-refractivity contribution < 1.29 is 9.90 Å². The van der Waals surface area contributed by atoms with E-state index in [0.717, 1.165) is 5.39 Å². The number of nitrogens with zero attached hydrogens (tertiary/aromatic N) is 1. The normalized spacial score (nSPS) is 10.5. The van der Waals surface area contributed by atoms with Crippen LogP contribution < -0.4 is 5.32 Å². The van der Waals surface area contributed by atoms with Gasteiger partial charge in [-0.05, 0) is 12.1 Å². The third-order valence-corrected chi connectivity index (χ3v) is 2.61. The minimum atomic E-state index is -0.319. The summed E-state index contributed by atoms with van der Waals surface area (Å²) in [6, 6.07) is 8.86. The molecule has 0 aliphatic rings. The van der Waals surface area contributed by atoms with Gasteiger partial charge in [-0.1, -0.05) is 29.8 Å². The number of hydrogen-bond acceptors (Lipinski definition) is 3. The molecule has 1 amide bonds. The number of halogens is 1. The fourth-order valence-electron chi connectivity index (χ4n) is 1.50. The standard InChI is InChI=1S/C12H11ClN2O2/c13-9-3-1-2-8-4-5-10(15-11(8)9)12(17)14-6-7-16/h1-5,16H,6-7H2,(H,14,17). The van der Waals surface area contributed by atoms with E-state index < -0.39 is 0 Å². The molecule has 2 rings (SSSR count). The molecule has 1 aromatic heterocycles. The van der Waals surface area contributed by atoms with Gasteiger partial charge in [0.25, 0.3) is 5.91 Å². The first kappa shape index (κ1) is 11.8. The highest BCUT2D eigenvalue weighted by atomic mass is 35.5. The third-order valence-electron chi connectivity index (χ3n) is 2.30. The second-order valence-corrected chi connectivity index (χ2v) is 3.89. The van der Waals surface area contributed by atoms with Crippen LogP contribution in [0.5, 0.6) is 0 Å². The highest BCUT2D eigenvalue weighted by Gasteiger charge is 2.08. The summed E-state index contributed by atoms with van der Waals surface area (Å²) < 4.78 is 0. The molecule has 0 bridgehead atoms. The fourth-order valence-corrected chi connectivity index (χ4v) is 1.72. The molecule has 0 fully saturated rings. The highest BCUT2D eigenvalue weighted by Crippen LogP contribution is 2.21. The Morgan fingerprint density at radius 2 is 2.18 bits per heavy atom. The zero-order valence-corrected chi connectivity index (χ0v) is 9.74. The number of carbonyl (C=O) groups is 1. The van der Waals surface area contributed by atoms with E-state index >= 15 is 0 Å². The number of carbonyl (C=O) groups excluding carboxylic acids is 1. The number of nitrogens with one attached hydrogen (secondary N) is 1. The van der Waals surface area contributed by atoms with Crippen LogP contribution in [-0.2, 0) is 0 Å². The molecule has 4 nitrogen and oxygen atoms in total. The third kappa shape index (κ3) is 2.54. The second-order valence-electron chi connectivity index (χ2n) is 3.49. The highest BCUT2D eigenvalue weighted by molar-refractivity contribution is 6.35. The first-order valence-electron chi connectivity index (χ1n) is 5.16. The zero-order valence-electron chi connectivity index (χ0n) is 8.98. The quantitative estimate of drug-likeness (QED) is 0.870. The molecule has 0 saturated carbocycles. The fraction of sp³-hybridized carbons (Fsp3) is 0.167. The predicted molar refractivity (Wildman–Crippen MR) is 66.2 cm³/mol. The Bertz CT molecular complexity index is 557. The molecule has 2 N–H and O–H groups in total. The van der Waals surface area contributed by atoms with Gasteiger partial charge in [-0.2, -0.15) is 0 Å². The molecule has 0 aliphatic carbocycles. The Balaban J connectivity index is 2.37. The molecule has 0 unspecified atom stereocenters. The number of fused-ring (bicyclic) bond motifs is 1. The predicted octanol–water partition coefficient (Wildman–Crippen LogP) is 1.61. The second kappa shape index (κ2) is 5.12. The molecule has 5 heteroatoms. The largest absolute Gasteiger partial charge is 0.395 e. The molecule has 0 spiro atoms. The Morgan fingerprint density at radius 1 is 1.35 bits per heavy atom. The maximum Gasteiger partial charge on any atom is 0.269 e. The van der Waals surface area contributed by atoms with E-state index in [1.165, 1.54) is 0 Å². The molecule has 2 aromatic rings. The molecular weight excluding hydrogens is 240 g/mol. The van der Waals surface area contributed by atoms with E-state index in [-0.39, 0.29) is 19.1 Å². The van der Waals surface area contributed by atoms with Crippen molar-refractivity contribution in [2.75, 3.05) is 13.2 Å². The lowest BCUT2D eigenvalue weighted by Gasteiger charge is -2.04. The summed E-state index contributed by atoms with van der Waals surface area (Å²) in [6.45, 7) is 0.112. The summed E-state index contributed by atoms with van der Waals surface area (Å²) in [7, 11) is 0. The first-order chi connectivity index (χ1) is 8.22. The Kier molecular flexibility index (Phi) is 3.56. The van der Waals surface area contributed by atoms with Crippen LogP contribution in [-0.4, -0.2) is 29.1 Å². The van der Waals surface area contributed by atoms with E-state index in [2.05, 4.69) is 10.3 Å². The molecular formula is C12H11ClN2O2. The average molecular weight is 251 g/mol. The van der Waals surface area contributed by atoms with Crippen molar-refractivity contribution in [3.05, 3.63) is 41.0 Å². The van der Waals surface area contributed by atoms with Crippen molar-refractivity contribution in [3.63, 3.8) is 0 Å². The molecule has 1 aromatic carbocycles. The number of pyridine rings is 1. The van der Waals surface area contributed by atoms with Gasteiger partial charge in [-0.25, -0.2) is 4.98 Å².